The average molecular weight is 277 g/mol. The summed E-state index contributed by atoms with van der Waals surface area (Å²) in [6.45, 7) is 8.68. The van der Waals surface area contributed by atoms with Crippen LogP contribution in [0.15, 0.2) is 23.5 Å². The molecule has 112 valence electrons. The van der Waals surface area contributed by atoms with Gasteiger partial charge in [-0.2, -0.15) is 5.10 Å². The van der Waals surface area contributed by atoms with E-state index in [0.717, 1.165) is 38.1 Å². The molecule has 1 aliphatic heterocycles. The van der Waals surface area contributed by atoms with Gasteiger partial charge in [-0.3, -0.25) is 9.67 Å². The highest BCUT2D eigenvalue weighted by Crippen LogP contribution is 2.15. The van der Waals surface area contributed by atoms with Crippen molar-refractivity contribution in [2.45, 2.75) is 33.2 Å². The first-order chi connectivity index (χ1) is 9.69. The third kappa shape index (κ3) is 4.25. The van der Waals surface area contributed by atoms with Gasteiger partial charge in [0, 0.05) is 45.6 Å². The van der Waals surface area contributed by atoms with Gasteiger partial charge < -0.3 is 10.2 Å². The molecule has 0 bridgehead atoms. The lowest BCUT2D eigenvalue weighted by Crippen LogP contribution is -2.46. The Morgan fingerprint density at radius 3 is 2.80 bits per heavy atom. The Bertz CT molecular complexity index is 404. The molecular formula is C15H27N5. The SMILES string of the molecule is CN=C(NCC(C)Cn1cccn1)N1CCC(C)CC1. The molecule has 0 aromatic carbocycles. The van der Waals surface area contributed by atoms with Crippen LogP contribution in [-0.2, 0) is 6.54 Å². The highest BCUT2D eigenvalue weighted by Gasteiger charge is 2.18. The number of nitrogens with one attached hydrogen (secondary N) is 1. The normalized spacial score (nSPS) is 19.1. The summed E-state index contributed by atoms with van der Waals surface area (Å²) < 4.78 is 1.98. The molecule has 0 radical (unpaired) electrons. The standard InChI is InChI=1S/C15H27N5/c1-13-5-9-19(10-6-13)15(16-3)17-11-14(2)12-20-8-4-7-18-20/h4,7-8,13-14H,5-6,9-12H2,1-3H3,(H,16,17). The molecule has 2 heterocycles. The van der Waals surface area contributed by atoms with Crippen molar-refractivity contribution in [1.29, 1.82) is 0 Å². The van der Waals surface area contributed by atoms with E-state index >= 15 is 0 Å². The van der Waals surface area contributed by atoms with E-state index < -0.39 is 0 Å². The van der Waals surface area contributed by atoms with E-state index in [9.17, 15) is 0 Å². The molecule has 1 unspecified atom stereocenters. The second-order valence-corrected chi connectivity index (χ2v) is 5.93. The molecule has 1 aromatic heterocycles. The molecule has 1 aromatic rings. The van der Waals surface area contributed by atoms with E-state index in [1.165, 1.54) is 12.8 Å². The van der Waals surface area contributed by atoms with Gasteiger partial charge in [0.05, 0.1) is 0 Å². The fourth-order valence-electron chi connectivity index (χ4n) is 2.61. The van der Waals surface area contributed by atoms with E-state index in [-0.39, 0.29) is 0 Å². The van der Waals surface area contributed by atoms with Gasteiger partial charge in [-0.1, -0.05) is 13.8 Å². The zero-order valence-electron chi connectivity index (χ0n) is 12.9. The number of guanidine groups is 1. The topological polar surface area (TPSA) is 45.5 Å². The molecule has 0 amide bonds. The lowest BCUT2D eigenvalue weighted by Gasteiger charge is -2.33. The molecule has 1 atom stereocenters. The van der Waals surface area contributed by atoms with Crippen LogP contribution < -0.4 is 5.32 Å². The molecule has 1 aliphatic rings. The zero-order chi connectivity index (χ0) is 14.4. The fraction of sp³-hybridized carbons (Fsp3) is 0.733. The molecule has 5 nitrogen and oxygen atoms in total. The summed E-state index contributed by atoms with van der Waals surface area (Å²) >= 11 is 0. The van der Waals surface area contributed by atoms with Crippen LogP contribution >= 0.6 is 0 Å². The maximum Gasteiger partial charge on any atom is 0.193 e. The first-order valence-corrected chi connectivity index (χ1v) is 7.62. The van der Waals surface area contributed by atoms with Crippen LogP contribution in [-0.4, -0.2) is 47.3 Å². The predicted molar refractivity (Wildman–Crippen MR) is 82.7 cm³/mol. The van der Waals surface area contributed by atoms with Crippen molar-refractivity contribution in [1.82, 2.24) is 20.0 Å². The predicted octanol–water partition coefficient (Wildman–Crippen LogP) is 1.83. The Balaban J connectivity index is 1.76. The van der Waals surface area contributed by atoms with Gasteiger partial charge in [0.2, 0.25) is 0 Å². The van der Waals surface area contributed by atoms with Crippen molar-refractivity contribution in [3.63, 3.8) is 0 Å². The molecular weight excluding hydrogens is 250 g/mol. The highest BCUT2D eigenvalue weighted by molar-refractivity contribution is 5.79. The smallest absolute Gasteiger partial charge is 0.193 e. The van der Waals surface area contributed by atoms with E-state index in [2.05, 4.69) is 34.2 Å². The third-order valence-electron chi connectivity index (χ3n) is 3.96. The molecule has 2 rings (SSSR count). The average Bonchev–Trinajstić information content (AvgIpc) is 2.94. The number of aliphatic imine (C=N–C) groups is 1. The van der Waals surface area contributed by atoms with Gasteiger partial charge in [-0.15, -0.1) is 0 Å². The molecule has 20 heavy (non-hydrogen) atoms. The van der Waals surface area contributed by atoms with E-state index in [1.807, 2.05) is 30.2 Å². The number of likely N-dealkylation sites (tertiary alicyclic amines) is 1. The zero-order valence-corrected chi connectivity index (χ0v) is 12.9. The molecule has 1 N–H and O–H groups in total. The number of nitrogens with zero attached hydrogens (tertiary/aromatic N) is 4. The van der Waals surface area contributed by atoms with E-state index in [0.29, 0.717) is 5.92 Å². The van der Waals surface area contributed by atoms with Gasteiger partial charge in [0.15, 0.2) is 5.96 Å². The highest BCUT2D eigenvalue weighted by atomic mass is 15.3. The quantitative estimate of drug-likeness (QED) is 0.674. The molecule has 1 fully saturated rings. The summed E-state index contributed by atoms with van der Waals surface area (Å²) in [5.41, 5.74) is 0. The molecule has 5 heteroatoms. The monoisotopic (exact) mass is 277 g/mol. The lowest BCUT2D eigenvalue weighted by atomic mass is 9.99. The first kappa shape index (κ1) is 14.9. The van der Waals surface area contributed by atoms with Crippen molar-refractivity contribution in [2.75, 3.05) is 26.7 Å². The van der Waals surface area contributed by atoms with Crippen molar-refractivity contribution in [2.24, 2.45) is 16.8 Å². The summed E-state index contributed by atoms with van der Waals surface area (Å²) in [5, 5.41) is 7.75. The largest absolute Gasteiger partial charge is 0.356 e. The van der Waals surface area contributed by atoms with E-state index in [4.69, 9.17) is 0 Å². The Kier molecular flexibility index (Phi) is 5.44. The van der Waals surface area contributed by atoms with Gasteiger partial charge >= 0.3 is 0 Å². The van der Waals surface area contributed by atoms with Crippen LogP contribution in [0.4, 0.5) is 0 Å². The minimum atomic E-state index is 0.523. The number of hydrogen-bond acceptors (Lipinski definition) is 2. The van der Waals surface area contributed by atoms with Gasteiger partial charge in [0.25, 0.3) is 0 Å². The third-order valence-corrected chi connectivity index (χ3v) is 3.96. The minimum absolute atomic E-state index is 0.523. The van der Waals surface area contributed by atoms with Crippen molar-refractivity contribution < 1.29 is 0 Å². The van der Waals surface area contributed by atoms with Gasteiger partial charge in [0.1, 0.15) is 0 Å². The Morgan fingerprint density at radius 2 is 2.20 bits per heavy atom. The minimum Gasteiger partial charge on any atom is -0.356 e. The van der Waals surface area contributed by atoms with Crippen molar-refractivity contribution >= 4 is 5.96 Å². The summed E-state index contributed by atoms with van der Waals surface area (Å²) in [4.78, 5) is 6.79. The summed E-state index contributed by atoms with van der Waals surface area (Å²) in [7, 11) is 1.87. The maximum absolute atomic E-state index is 4.41. The number of piperidine rings is 1. The number of hydrogen-bond donors (Lipinski definition) is 1. The van der Waals surface area contributed by atoms with Crippen LogP contribution in [0.2, 0.25) is 0 Å². The Morgan fingerprint density at radius 1 is 1.45 bits per heavy atom. The maximum atomic E-state index is 4.41. The number of rotatable bonds is 4. The number of aromatic nitrogens is 2. The molecule has 0 saturated carbocycles. The van der Waals surface area contributed by atoms with Crippen LogP contribution in [0, 0.1) is 11.8 Å². The van der Waals surface area contributed by atoms with Gasteiger partial charge in [-0.05, 0) is 30.7 Å². The summed E-state index contributed by atoms with van der Waals surface area (Å²) in [5.74, 6) is 2.42. The van der Waals surface area contributed by atoms with Gasteiger partial charge in [-0.25, -0.2) is 0 Å². The summed E-state index contributed by atoms with van der Waals surface area (Å²) in [6, 6.07) is 1.97. The van der Waals surface area contributed by atoms with E-state index in [1.54, 1.807) is 0 Å². The van der Waals surface area contributed by atoms with Crippen molar-refractivity contribution in [3.05, 3.63) is 18.5 Å². The molecule has 0 aliphatic carbocycles. The van der Waals surface area contributed by atoms with Crippen LogP contribution in [0.1, 0.15) is 26.7 Å². The van der Waals surface area contributed by atoms with Crippen LogP contribution in [0.5, 0.6) is 0 Å². The Hall–Kier alpha value is -1.52. The second-order valence-electron chi connectivity index (χ2n) is 5.93. The van der Waals surface area contributed by atoms with Crippen LogP contribution in [0.3, 0.4) is 0 Å². The summed E-state index contributed by atoms with van der Waals surface area (Å²) in [6.07, 6.45) is 6.37. The lowest BCUT2D eigenvalue weighted by molar-refractivity contribution is 0.271. The van der Waals surface area contributed by atoms with Crippen molar-refractivity contribution in [3.8, 4) is 0 Å². The molecule has 0 spiro atoms. The fourth-order valence-corrected chi connectivity index (χ4v) is 2.61. The molecule has 1 saturated heterocycles. The van der Waals surface area contributed by atoms with Crippen LogP contribution in [0.25, 0.3) is 0 Å². The Labute approximate surface area is 122 Å². The first-order valence-electron chi connectivity index (χ1n) is 7.62. The second kappa shape index (κ2) is 7.31.